The number of rotatable bonds is 4. The van der Waals surface area contributed by atoms with Crippen molar-refractivity contribution < 1.29 is 13.2 Å². The maximum atomic E-state index is 12.8. The van der Waals surface area contributed by atoms with Crippen molar-refractivity contribution in [2.24, 2.45) is 0 Å². The maximum Gasteiger partial charge on any atom is 0.331 e. The number of carbonyl (C=O) groups excluding carboxylic acids is 1. The highest BCUT2D eigenvalue weighted by Gasteiger charge is 2.26. The lowest BCUT2D eigenvalue weighted by molar-refractivity contribution is 0.192. The van der Waals surface area contributed by atoms with E-state index in [1.54, 1.807) is 17.2 Å². The van der Waals surface area contributed by atoms with Gasteiger partial charge in [0.1, 0.15) is 4.90 Å². The molecule has 7 nitrogen and oxygen atoms in total. The van der Waals surface area contributed by atoms with Crippen molar-refractivity contribution in [2.45, 2.75) is 68.7 Å². The summed E-state index contributed by atoms with van der Waals surface area (Å²) >= 11 is 0. The monoisotopic (exact) mass is 380 g/mol. The zero-order valence-electron chi connectivity index (χ0n) is 15.1. The number of hydrogen-bond donors (Lipinski definition) is 2. The molecule has 3 rings (SSSR count). The van der Waals surface area contributed by atoms with Crippen molar-refractivity contribution in [2.75, 3.05) is 18.4 Å². The average Bonchev–Trinajstić information content (AvgIpc) is 2.91. The lowest BCUT2D eigenvalue weighted by Gasteiger charge is -2.27. The third-order valence-corrected chi connectivity index (χ3v) is 6.50. The molecule has 0 bridgehead atoms. The van der Waals surface area contributed by atoms with Crippen LogP contribution < -0.4 is 10.0 Å². The van der Waals surface area contributed by atoms with Crippen LogP contribution in [0.25, 0.3) is 0 Å². The molecule has 0 atom stereocenters. The molecule has 26 heavy (non-hydrogen) atoms. The first-order valence-corrected chi connectivity index (χ1v) is 11.1. The number of pyridine rings is 1. The van der Waals surface area contributed by atoms with Crippen LogP contribution in [0.15, 0.2) is 23.4 Å². The number of likely N-dealkylation sites (tertiary alicyclic amines) is 1. The maximum absolute atomic E-state index is 12.8. The van der Waals surface area contributed by atoms with E-state index >= 15 is 0 Å². The third kappa shape index (κ3) is 4.87. The van der Waals surface area contributed by atoms with Crippen LogP contribution in [-0.2, 0) is 10.0 Å². The van der Waals surface area contributed by atoms with Gasteiger partial charge in [-0.3, -0.25) is 4.98 Å². The molecule has 0 radical (unpaired) electrons. The number of hydrogen-bond acceptors (Lipinski definition) is 5. The highest BCUT2D eigenvalue weighted by Crippen LogP contribution is 2.25. The molecule has 144 valence electrons. The van der Waals surface area contributed by atoms with Gasteiger partial charge in [-0.25, -0.2) is 17.9 Å². The number of nitrogens with zero attached hydrogens (tertiary/aromatic N) is 2. The van der Waals surface area contributed by atoms with Gasteiger partial charge in [0.15, 0.2) is 0 Å². The first-order chi connectivity index (χ1) is 12.6. The summed E-state index contributed by atoms with van der Waals surface area (Å²) in [7, 11) is -3.97. The van der Waals surface area contributed by atoms with Crippen LogP contribution in [0.1, 0.15) is 57.8 Å². The third-order valence-electron chi connectivity index (χ3n) is 5.15. The Labute approximate surface area is 155 Å². The minimum absolute atomic E-state index is 0.0367. The number of amides is 2. The van der Waals surface area contributed by atoms with Crippen LogP contribution in [-0.4, -0.2) is 43.5 Å². The summed E-state index contributed by atoms with van der Waals surface area (Å²) in [6.07, 6.45) is 12.6. The molecule has 2 amide bonds. The first kappa shape index (κ1) is 18.9. The van der Waals surface area contributed by atoms with Crippen LogP contribution >= 0.6 is 0 Å². The fraction of sp³-hybridized carbons (Fsp3) is 0.667. The van der Waals surface area contributed by atoms with Crippen molar-refractivity contribution in [3.05, 3.63) is 18.5 Å². The minimum atomic E-state index is -3.97. The minimum Gasteiger partial charge on any atom is -0.381 e. The zero-order chi connectivity index (χ0) is 18.4. The van der Waals surface area contributed by atoms with Crippen molar-refractivity contribution in [1.82, 2.24) is 14.6 Å². The number of carbonyl (C=O) groups is 1. The molecule has 0 unspecified atom stereocenters. The summed E-state index contributed by atoms with van der Waals surface area (Å²) < 4.78 is 27.8. The van der Waals surface area contributed by atoms with E-state index in [1.165, 1.54) is 19.0 Å². The van der Waals surface area contributed by atoms with E-state index < -0.39 is 16.1 Å². The Balaban J connectivity index is 1.73. The second-order valence-electron chi connectivity index (χ2n) is 7.16. The average molecular weight is 381 g/mol. The number of piperidine rings is 1. The number of nitrogens with one attached hydrogen (secondary N) is 2. The zero-order valence-corrected chi connectivity index (χ0v) is 15.9. The van der Waals surface area contributed by atoms with E-state index in [-0.39, 0.29) is 10.9 Å². The Bertz CT molecular complexity index is 709. The van der Waals surface area contributed by atoms with E-state index in [0.717, 1.165) is 44.9 Å². The Hall–Kier alpha value is -1.83. The quantitative estimate of drug-likeness (QED) is 0.783. The van der Waals surface area contributed by atoms with Gasteiger partial charge < -0.3 is 10.2 Å². The molecule has 1 saturated heterocycles. The standard InChI is InChI=1S/C18H28N4O3S/c23-18(22-12-6-3-7-13-22)21-26(24,25)17-14-19-11-10-16(17)20-15-8-4-1-2-5-9-15/h10-11,14-15H,1-9,12-13H2,(H,19,20)(H,21,23). The molecule has 0 spiro atoms. The van der Waals surface area contributed by atoms with Crippen molar-refractivity contribution >= 4 is 21.7 Å². The second kappa shape index (κ2) is 8.70. The first-order valence-electron chi connectivity index (χ1n) is 9.58. The summed E-state index contributed by atoms with van der Waals surface area (Å²) in [5, 5.41) is 3.36. The fourth-order valence-electron chi connectivity index (χ4n) is 3.69. The van der Waals surface area contributed by atoms with Crippen molar-refractivity contribution in [1.29, 1.82) is 0 Å². The van der Waals surface area contributed by atoms with E-state index in [1.807, 2.05) is 0 Å². The Morgan fingerprint density at radius 1 is 1.04 bits per heavy atom. The van der Waals surface area contributed by atoms with Crippen molar-refractivity contribution in [3.63, 3.8) is 0 Å². The molecule has 2 N–H and O–H groups in total. The highest BCUT2D eigenvalue weighted by molar-refractivity contribution is 7.90. The molecular weight excluding hydrogens is 352 g/mol. The van der Waals surface area contributed by atoms with Gasteiger partial charge in [0.05, 0.1) is 5.69 Å². The van der Waals surface area contributed by atoms with Crippen LogP contribution in [0.5, 0.6) is 0 Å². The number of urea groups is 1. The fourth-order valence-corrected chi connectivity index (χ4v) is 4.77. The van der Waals surface area contributed by atoms with Gasteiger partial charge in [-0.2, -0.15) is 0 Å². The summed E-state index contributed by atoms with van der Waals surface area (Å²) in [6, 6.07) is 1.38. The van der Waals surface area contributed by atoms with Crippen LogP contribution in [0.3, 0.4) is 0 Å². The molecule has 8 heteroatoms. The van der Waals surface area contributed by atoms with Crippen molar-refractivity contribution in [3.8, 4) is 0 Å². The molecule has 1 saturated carbocycles. The second-order valence-corrected chi connectivity index (χ2v) is 8.81. The van der Waals surface area contributed by atoms with Gasteiger partial charge in [0, 0.05) is 31.5 Å². The number of anilines is 1. The van der Waals surface area contributed by atoms with Gasteiger partial charge in [-0.05, 0) is 38.2 Å². The summed E-state index contributed by atoms with van der Waals surface area (Å²) in [6.45, 7) is 1.20. The van der Waals surface area contributed by atoms with Gasteiger partial charge >= 0.3 is 6.03 Å². The Morgan fingerprint density at radius 3 is 2.38 bits per heavy atom. The summed E-state index contributed by atoms with van der Waals surface area (Å²) in [5.74, 6) is 0. The molecule has 2 fully saturated rings. The predicted molar refractivity (Wildman–Crippen MR) is 100 cm³/mol. The Kier molecular flexibility index (Phi) is 6.34. The predicted octanol–water partition coefficient (Wildman–Crippen LogP) is 3.10. The lowest BCUT2D eigenvalue weighted by atomic mass is 10.1. The normalized spacial score (nSPS) is 19.6. The van der Waals surface area contributed by atoms with Gasteiger partial charge in [0.2, 0.25) is 0 Å². The van der Waals surface area contributed by atoms with Gasteiger partial charge in [0.25, 0.3) is 10.0 Å². The number of sulfonamides is 1. The molecule has 0 aromatic carbocycles. The molecular formula is C18H28N4O3S. The Morgan fingerprint density at radius 2 is 1.69 bits per heavy atom. The van der Waals surface area contributed by atoms with Crippen LogP contribution in [0.4, 0.5) is 10.5 Å². The van der Waals surface area contributed by atoms with Crippen LogP contribution in [0, 0.1) is 0 Å². The number of aromatic nitrogens is 1. The molecule has 2 heterocycles. The molecule has 1 aliphatic carbocycles. The van der Waals surface area contributed by atoms with Crippen LogP contribution in [0.2, 0.25) is 0 Å². The smallest absolute Gasteiger partial charge is 0.331 e. The lowest BCUT2D eigenvalue weighted by Crippen LogP contribution is -2.45. The molecule has 1 aromatic heterocycles. The van der Waals surface area contributed by atoms with E-state index in [9.17, 15) is 13.2 Å². The topological polar surface area (TPSA) is 91.4 Å². The largest absolute Gasteiger partial charge is 0.381 e. The highest BCUT2D eigenvalue weighted by atomic mass is 32.2. The SMILES string of the molecule is O=C(NS(=O)(=O)c1cnccc1NC1CCCCCC1)N1CCCCC1. The molecule has 1 aliphatic heterocycles. The van der Waals surface area contributed by atoms with E-state index in [4.69, 9.17) is 0 Å². The summed E-state index contributed by atoms with van der Waals surface area (Å²) in [4.78, 5) is 17.9. The molecule has 1 aromatic rings. The van der Waals surface area contributed by atoms with Gasteiger partial charge in [-0.15, -0.1) is 0 Å². The summed E-state index contributed by atoms with van der Waals surface area (Å²) in [5.41, 5.74) is 0.519. The molecule has 2 aliphatic rings. The van der Waals surface area contributed by atoms with E-state index in [0.29, 0.717) is 18.8 Å². The van der Waals surface area contributed by atoms with E-state index in [2.05, 4.69) is 15.0 Å². The van der Waals surface area contributed by atoms with Gasteiger partial charge in [-0.1, -0.05) is 25.7 Å².